The molecule has 0 bridgehead atoms. The highest BCUT2D eigenvalue weighted by molar-refractivity contribution is 5.97. The number of fused-ring (bicyclic) bond motifs is 1. The molecule has 0 saturated heterocycles. The van der Waals surface area contributed by atoms with Gasteiger partial charge in [0, 0.05) is 0 Å². The Balaban J connectivity index is 1.71. The molecule has 7 nitrogen and oxygen atoms in total. The molecule has 1 aliphatic rings. The van der Waals surface area contributed by atoms with Gasteiger partial charge in [-0.2, -0.15) is 31.3 Å². The molecule has 0 unspecified atom stereocenters. The Bertz CT molecular complexity index is 1280. The number of carbonyl (C=O) groups excluding carboxylic acids is 1. The molecular formula is C21H13F6N3O4. The van der Waals surface area contributed by atoms with E-state index in [0.29, 0.717) is 0 Å². The second kappa shape index (κ2) is 8.39. The van der Waals surface area contributed by atoms with Gasteiger partial charge in [0.15, 0.2) is 6.61 Å². The number of benzene rings is 2. The largest absolute Gasteiger partial charge is 0.484 e. The zero-order chi connectivity index (χ0) is 24.7. The number of nitrogens with one attached hydrogen (secondary N) is 1. The molecule has 34 heavy (non-hydrogen) atoms. The summed E-state index contributed by atoms with van der Waals surface area (Å²) in [4.78, 5) is 28.9. The van der Waals surface area contributed by atoms with Crippen molar-refractivity contribution in [2.75, 3.05) is 11.9 Å². The number of anilines is 1. The van der Waals surface area contributed by atoms with Crippen molar-refractivity contribution in [1.82, 2.24) is 9.55 Å². The van der Waals surface area contributed by atoms with Gasteiger partial charge in [0.05, 0.1) is 23.2 Å². The second-order valence-electron chi connectivity index (χ2n) is 7.11. The van der Waals surface area contributed by atoms with Crippen LogP contribution in [0.4, 0.5) is 32.2 Å². The summed E-state index contributed by atoms with van der Waals surface area (Å²) >= 11 is 0. The molecule has 1 aliphatic heterocycles. The first-order valence-corrected chi connectivity index (χ1v) is 9.51. The lowest BCUT2D eigenvalue weighted by molar-refractivity contribution is -0.153. The molecule has 1 aromatic heterocycles. The predicted molar refractivity (Wildman–Crippen MR) is 105 cm³/mol. The Morgan fingerprint density at radius 2 is 1.53 bits per heavy atom. The number of hydrogen-bond acceptors (Lipinski definition) is 5. The molecule has 0 saturated carbocycles. The van der Waals surface area contributed by atoms with Crippen LogP contribution >= 0.6 is 0 Å². The Labute approximate surface area is 186 Å². The molecule has 0 spiro atoms. The number of ether oxygens (including phenoxy) is 2. The molecule has 13 heteroatoms. The normalized spacial score (nSPS) is 13.4. The summed E-state index contributed by atoms with van der Waals surface area (Å²) in [6.45, 7) is -1.51. The summed E-state index contributed by atoms with van der Waals surface area (Å²) in [5, 5.41) is 2.39. The van der Waals surface area contributed by atoms with Crippen LogP contribution in [0.25, 0.3) is 5.69 Å². The van der Waals surface area contributed by atoms with Gasteiger partial charge in [0.1, 0.15) is 17.3 Å². The van der Waals surface area contributed by atoms with E-state index in [-0.39, 0.29) is 41.0 Å². The number of amides is 1. The van der Waals surface area contributed by atoms with Crippen molar-refractivity contribution in [2.45, 2.75) is 18.8 Å². The highest BCUT2D eigenvalue weighted by Gasteiger charge is 2.31. The minimum atomic E-state index is -4.56. The molecular weight excluding hydrogens is 472 g/mol. The highest BCUT2D eigenvalue weighted by atomic mass is 19.4. The predicted octanol–water partition coefficient (Wildman–Crippen LogP) is 4.48. The topological polar surface area (TPSA) is 82.4 Å². The minimum Gasteiger partial charge on any atom is -0.484 e. The summed E-state index contributed by atoms with van der Waals surface area (Å²) in [5.74, 6) is -0.750. The van der Waals surface area contributed by atoms with E-state index in [2.05, 4.69) is 15.0 Å². The number of aromatic nitrogens is 2. The monoisotopic (exact) mass is 485 g/mol. The molecule has 1 amide bonds. The fourth-order valence-corrected chi connectivity index (χ4v) is 3.11. The number of nitrogens with zero attached hydrogens (tertiary/aromatic N) is 2. The van der Waals surface area contributed by atoms with Crippen LogP contribution in [0.15, 0.2) is 53.3 Å². The van der Waals surface area contributed by atoms with E-state index in [9.17, 15) is 35.9 Å². The average molecular weight is 485 g/mol. The first kappa shape index (κ1) is 23.1. The molecule has 1 N–H and O–H groups in total. The van der Waals surface area contributed by atoms with Crippen molar-refractivity contribution in [3.63, 3.8) is 0 Å². The van der Waals surface area contributed by atoms with E-state index in [4.69, 9.17) is 4.74 Å². The number of rotatable bonds is 5. The lowest BCUT2D eigenvalue weighted by Gasteiger charge is -2.15. The van der Waals surface area contributed by atoms with Crippen molar-refractivity contribution in [3.05, 3.63) is 70.0 Å². The second-order valence-corrected chi connectivity index (χ2v) is 7.11. The fourth-order valence-electron chi connectivity index (χ4n) is 3.11. The molecule has 0 fully saturated rings. The quantitative estimate of drug-likeness (QED) is 0.539. The molecule has 0 radical (unpaired) electrons. The molecule has 2 aromatic carbocycles. The van der Waals surface area contributed by atoms with Gasteiger partial charge in [-0.3, -0.25) is 9.59 Å². The third kappa shape index (κ3) is 4.97. The SMILES string of the molecule is O=C1Cc2c(nc(Oc3ccc(C(F)(F)F)cc3)n(-c3ccc(OCC(F)(F)F)cc3)c2=O)N1. The van der Waals surface area contributed by atoms with Crippen molar-refractivity contribution >= 4 is 11.7 Å². The zero-order valence-corrected chi connectivity index (χ0v) is 16.8. The number of alkyl halides is 6. The van der Waals surface area contributed by atoms with E-state index >= 15 is 0 Å². The molecule has 0 aliphatic carbocycles. The maximum absolute atomic E-state index is 13.1. The van der Waals surface area contributed by atoms with E-state index in [1.165, 1.54) is 24.3 Å². The van der Waals surface area contributed by atoms with Gasteiger partial charge in [0.2, 0.25) is 5.91 Å². The first-order valence-electron chi connectivity index (χ1n) is 9.51. The van der Waals surface area contributed by atoms with E-state index < -0.39 is 36.0 Å². The lowest BCUT2D eigenvalue weighted by atomic mass is 10.2. The van der Waals surface area contributed by atoms with Crippen LogP contribution in [0.5, 0.6) is 17.5 Å². The minimum absolute atomic E-state index is 0.0298. The highest BCUT2D eigenvalue weighted by Crippen LogP contribution is 2.32. The first-order chi connectivity index (χ1) is 15.9. The van der Waals surface area contributed by atoms with E-state index in [1.54, 1.807) is 0 Å². The van der Waals surface area contributed by atoms with Crippen molar-refractivity contribution in [1.29, 1.82) is 0 Å². The van der Waals surface area contributed by atoms with Crippen LogP contribution in [-0.2, 0) is 17.4 Å². The summed E-state index contributed by atoms with van der Waals surface area (Å²) in [5.41, 5.74) is -1.47. The van der Waals surface area contributed by atoms with Gasteiger partial charge < -0.3 is 14.8 Å². The van der Waals surface area contributed by atoms with Gasteiger partial charge in [-0.25, -0.2) is 4.57 Å². The number of halogens is 6. The Kier molecular flexibility index (Phi) is 5.71. The molecule has 2 heterocycles. The number of carbonyl (C=O) groups is 1. The van der Waals surface area contributed by atoms with E-state index in [1.807, 2.05) is 0 Å². The van der Waals surface area contributed by atoms with Crippen LogP contribution in [0.3, 0.4) is 0 Å². The van der Waals surface area contributed by atoms with Crippen LogP contribution < -0.4 is 20.3 Å². The van der Waals surface area contributed by atoms with E-state index in [0.717, 1.165) is 28.8 Å². The van der Waals surface area contributed by atoms with Gasteiger partial charge in [-0.05, 0) is 48.5 Å². The van der Waals surface area contributed by atoms with Crippen LogP contribution in [0.2, 0.25) is 0 Å². The molecule has 3 aromatic rings. The fraction of sp³-hybridized carbons (Fsp3) is 0.190. The Morgan fingerprint density at radius 1 is 0.912 bits per heavy atom. The molecule has 178 valence electrons. The van der Waals surface area contributed by atoms with Crippen molar-refractivity contribution in [3.8, 4) is 23.2 Å². The van der Waals surface area contributed by atoms with Crippen molar-refractivity contribution < 1.29 is 40.6 Å². The van der Waals surface area contributed by atoms with Crippen LogP contribution in [-0.4, -0.2) is 28.2 Å². The summed E-state index contributed by atoms with van der Waals surface area (Å²) in [7, 11) is 0. The third-order valence-electron chi connectivity index (χ3n) is 4.63. The Morgan fingerprint density at radius 3 is 2.12 bits per heavy atom. The smallest absolute Gasteiger partial charge is 0.422 e. The summed E-state index contributed by atoms with van der Waals surface area (Å²) < 4.78 is 86.6. The van der Waals surface area contributed by atoms with Crippen LogP contribution in [0.1, 0.15) is 11.1 Å². The van der Waals surface area contributed by atoms with Gasteiger partial charge in [-0.1, -0.05) is 0 Å². The van der Waals surface area contributed by atoms with Crippen molar-refractivity contribution in [2.24, 2.45) is 0 Å². The Hall–Kier alpha value is -4.03. The maximum Gasteiger partial charge on any atom is 0.422 e. The molecule has 4 rings (SSSR count). The standard InChI is InChI=1S/C21H13F6N3O4/c22-20(23,24)10-33-13-7-3-12(4-8-13)30-18(32)15-9-16(31)28-17(15)29-19(30)34-14-5-1-11(2-6-14)21(25,26)27/h1-8H,9-10H2,(H,28,31). The number of hydrogen-bond donors (Lipinski definition) is 1. The molecule has 0 atom stereocenters. The average Bonchev–Trinajstić information content (AvgIpc) is 3.13. The third-order valence-corrected chi connectivity index (χ3v) is 4.63. The summed E-state index contributed by atoms with van der Waals surface area (Å²) in [6.07, 6.45) is -9.36. The van der Waals surface area contributed by atoms with Gasteiger partial charge in [-0.15, -0.1) is 0 Å². The van der Waals surface area contributed by atoms with Gasteiger partial charge in [0.25, 0.3) is 5.56 Å². The van der Waals surface area contributed by atoms with Crippen LogP contribution in [0, 0.1) is 0 Å². The summed E-state index contributed by atoms with van der Waals surface area (Å²) in [6, 6.07) is 8.14. The maximum atomic E-state index is 13.1. The van der Waals surface area contributed by atoms with Gasteiger partial charge >= 0.3 is 18.4 Å². The lowest BCUT2D eigenvalue weighted by Crippen LogP contribution is -2.24. The zero-order valence-electron chi connectivity index (χ0n) is 16.8.